The van der Waals surface area contributed by atoms with Gasteiger partial charge in [0.1, 0.15) is 23.0 Å². The van der Waals surface area contributed by atoms with Gasteiger partial charge in [0.15, 0.2) is 0 Å². The number of benzene rings is 1. The summed E-state index contributed by atoms with van der Waals surface area (Å²) in [7, 11) is 0. The monoisotopic (exact) mass is 373 g/mol. The molecule has 0 aliphatic carbocycles. The number of ether oxygens (including phenoxy) is 2. The highest BCUT2D eigenvalue weighted by molar-refractivity contribution is 5.68. The fraction of sp³-hybridized carbons (Fsp3) is 0.632. The van der Waals surface area contributed by atoms with Gasteiger partial charge < -0.3 is 14.6 Å². The lowest BCUT2D eigenvalue weighted by Crippen LogP contribution is -2.45. The minimum absolute atomic E-state index is 0.397. The van der Waals surface area contributed by atoms with Crippen LogP contribution in [-0.4, -0.2) is 35.2 Å². The molecule has 1 unspecified atom stereocenters. The van der Waals surface area contributed by atoms with Crippen LogP contribution in [0.1, 0.15) is 53.0 Å². The molecular weight excluding hydrogens is 344 g/mol. The summed E-state index contributed by atoms with van der Waals surface area (Å²) in [5.74, 6) is -0.995. The molecule has 1 atom stereocenters. The number of nitrogens with one attached hydrogen (secondary N) is 1. The molecule has 5 nitrogen and oxygen atoms in total. The molecule has 1 aliphatic rings. The smallest absolute Gasteiger partial charge is 0.409 e. The zero-order chi connectivity index (χ0) is 20.0. The molecule has 0 radical (unpaired) electrons. The molecule has 7 heteroatoms. The maximum atomic E-state index is 12.8. The van der Waals surface area contributed by atoms with Gasteiger partial charge in [-0.2, -0.15) is 0 Å². The first-order valence-corrected chi connectivity index (χ1v) is 8.64. The highest BCUT2D eigenvalue weighted by Gasteiger charge is 2.22. The lowest BCUT2D eigenvalue weighted by molar-refractivity contribution is 0.00774. The first kappa shape index (κ1) is 22.3. The molecule has 148 valence electrons. The van der Waals surface area contributed by atoms with E-state index in [2.05, 4.69) is 5.32 Å². The van der Waals surface area contributed by atoms with Crippen molar-refractivity contribution >= 4 is 6.09 Å². The van der Waals surface area contributed by atoms with Crippen LogP contribution in [0.5, 0.6) is 0 Å². The number of aliphatic hydroxyl groups is 1. The van der Waals surface area contributed by atoms with Crippen LogP contribution in [0.4, 0.5) is 13.6 Å². The molecule has 0 bridgehead atoms. The first-order chi connectivity index (χ1) is 11.8. The minimum Gasteiger partial charge on any atom is -0.444 e. The summed E-state index contributed by atoms with van der Waals surface area (Å²) < 4.78 is 35.5. The maximum absolute atomic E-state index is 12.8. The van der Waals surface area contributed by atoms with E-state index in [0.29, 0.717) is 12.5 Å². The van der Waals surface area contributed by atoms with Gasteiger partial charge in [-0.3, -0.25) is 5.32 Å². The average Bonchev–Trinajstić information content (AvgIpc) is 3.17. The van der Waals surface area contributed by atoms with Gasteiger partial charge in [0.05, 0.1) is 12.7 Å². The number of hydrogen-bond donors (Lipinski definition) is 2. The Morgan fingerprint density at radius 1 is 1.23 bits per heavy atom. The quantitative estimate of drug-likeness (QED) is 0.606. The van der Waals surface area contributed by atoms with Gasteiger partial charge in [-0.15, -0.1) is 0 Å². The molecule has 1 fully saturated rings. The molecule has 1 aliphatic heterocycles. The van der Waals surface area contributed by atoms with Crippen molar-refractivity contribution < 1.29 is 28.2 Å². The molecule has 1 saturated heterocycles. The van der Waals surface area contributed by atoms with Crippen LogP contribution < -0.4 is 5.32 Å². The number of halogens is 2. The molecule has 1 aromatic carbocycles. The molecule has 2 rings (SSSR count). The number of rotatable bonds is 5. The van der Waals surface area contributed by atoms with Crippen LogP contribution >= 0.6 is 0 Å². The zero-order valence-corrected chi connectivity index (χ0v) is 16.1. The number of carbonyl (C=O) groups excluding carboxylic acids is 1. The molecule has 1 amide bonds. The Labute approximate surface area is 153 Å². The lowest BCUT2D eigenvalue weighted by atomic mass is 10.1. The van der Waals surface area contributed by atoms with Crippen LogP contribution in [-0.2, 0) is 15.9 Å². The van der Waals surface area contributed by atoms with E-state index in [9.17, 15) is 18.7 Å². The van der Waals surface area contributed by atoms with Crippen molar-refractivity contribution in [2.45, 2.75) is 71.3 Å². The number of carbonyl (C=O) groups is 1. The minimum atomic E-state index is -1.23. The molecule has 0 spiro atoms. The van der Waals surface area contributed by atoms with Gasteiger partial charge in [0.2, 0.25) is 0 Å². The van der Waals surface area contributed by atoms with Crippen LogP contribution in [0.15, 0.2) is 18.2 Å². The van der Waals surface area contributed by atoms with Crippen LogP contribution in [0, 0.1) is 11.6 Å². The Hall–Kier alpha value is -1.73. The number of epoxide rings is 1. The van der Waals surface area contributed by atoms with Gasteiger partial charge in [-0.1, -0.05) is 0 Å². The second-order valence-electron chi connectivity index (χ2n) is 7.81. The van der Waals surface area contributed by atoms with Gasteiger partial charge in [-0.25, -0.2) is 13.6 Å². The molecule has 1 heterocycles. The van der Waals surface area contributed by atoms with Crippen molar-refractivity contribution in [3.63, 3.8) is 0 Å². The highest BCUT2D eigenvalue weighted by Crippen LogP contribution is 2.18. The molecule has 26 heavy (non-hydrogen) atoms. The Balaban J connectivity index is 0.000000265. The summed E-state index contributed by atoms with van der Waals surface area (Å²) in [6, 6.07) is 3.67. The molecular formula is C19H29F2NO4. The second-order valence-corrected chi connectivity index (χ2v) is 7.81. The maximum Gasteiger partial charge on any atom is 0.409 e. The fourth-order valence-electron chi connectivity index (χ4n) is 2.08. The summed E-state index contributed by atoms with van der Waals surface area (Å²) >= 11 is 0. The van der Waals surface area contributed by atoms with E-state index < -0.39 is 29.1 Å². The van der Waals surface area contributed by atoms with Crippen molar-refractivity contribution in [1.82, 2.24) is 5.32 Å². The molecule has 1 aromatic rings. The Bertz CT molecular complexity index is 552. The largest absolute Gasteiger partial charge is 0.444 e. The third-order valence-corrected chi connectivity index (χ3v) is 3.12. The summed E-state index contributed by atoms with van der Waals surface area (Å²) in [6.45, 7) is 9.07. The topological polar surface area (TPSA) is 71.1 Å². The third kappa shape index (κ3) is 11.8. The molecule has 0 saturated carbocycles. The van der Waals surface area contributed by atoms with E-state index >= 15 is 0 Å². The normalized spacial score (nSPS) is 16.4. The summed E-state index contributed by atoms with van der Waals surface area (Å²) in [4.78, 5) is 11.0. The van der Waals surface area contributed by atoms with E-state index in [1.54, 1.807) is 20.8 Å². The van der Waals surface area contributed by atoms with Crippen molar-refractivity contribution in [2.75, 3.05) is 6.61 Å². The predicted molar refractivity (Wildman–Crippen MR) is 94.7 cm³/mol. The van der Waals surface area contributed by atoms with E-state index in [1.807, 2.05) is 0 Å². The van der Waals surface area contributed by atoms with E-state index in [-0.39, 0.29) is 0 Å². The third-order valence-electron chi connectivity index (χ3n) is 3.12. The Morgan fingerprint density at radius 2 is 1.77 bits per heavy atom. The number of amides is 1. The lowest BCUT2D eigenvalue weighted by Gasteiger charge is -2.24. The summed E-state index contributed by atoms with van der Waals surface area (Å²) in [5.41, 5.74) is -1.04. The van der Waals surface area contributed by atoms with Crippen molar-refractivity contribution in [3.8, 4) is 0 Å². The second kappa shape index (κ2) is 9.28. The number of alkyl carbamates (subject to hydrolysis) is 1. The number of aryl methyl sites for hydroxylation is 1. The molecule has 2 N–H and O–H groups in total. The van der Waals surface area contributed by atoms with Crippen LogP contribution in [0.3, 0.4) is 0 Å². The van der Waals surface area contributed by atoms with Crippen molar-refractivity contribution in [2.24, 2.45) is 0 Å². The van der Waals surface area contributed by atoms with Crippen molar-refractivity contribution in [3.05, 3.63) is 35.4 Å². The van der Waals surface area contributed by atoms with E-state index in [0.717, 1.165) is 31.1 Å². The van der Waals surface area contributed by atoms with Crippen LogP contribution in [0.25, 0.3) is 0 Å². The molecule has 0 aromatic heterocycles. The standard InChI is InChI=1S/C11H12F2O.C8H17NO3/c12-9-4-8(5-10(13)6-9)2-1-3-11-7-14-11;1-7(2,3)12-6(10)9-8(4,5)11/h4-6,11H,1-3,7H2;11H,1-5H3,(H,9,10). The number of hydrogen-bond acceptors (Lipinski definition) is 4. The summed E-state index contributed by atoms with van der Waals surface area (Å²) in [5, 5.41) is 11.4. The predicted octanol–water partition coefficient (Wildman–Crippen LogP) is 3.93. The van der Waals surface area contributed by atoms with E-state index in [4.69, 9.17) is 9.47 Å². The Morgan fingerprint density at radius 3 is 2.19 bits per heavy atom. The van der Waals surface area contributed by atoms with Crippen LogP contribution in [0.2, 0.25) is 0 Å². The first-order valence-electron chi connectivity index (χ1n) is 8.64. The summed E-state index contributed by atoms with van der Waals surface area (Å²) in [6.07, 6.45) is 2.41. The highest BCUT2D eigenvalue weighted by atomic mass is 19.1. The van der Waals surface area contributed by atoms with Gasteiger partial charge >= 0.3 is 6.09 Å². The fourth-order valence-corrected chi connectivity index (χ4v) is 2.08. The zero-order valence-electron chi connectivity index (χ0n) is 16.1. The average molecular weight is 373 g/mol. The van der Waals surface area contributed by atoms with Gasteiger partial charge in [0.25, 0.3) is 0 Å². The Kier molecular flexibility index (Phi) is 7.96. The van der Waals surface area contributed by atoms with Crippen molar-refractivity contribution in [1.29, 1.82) is 0 Å². The van der Waals surface area contributed by atoms with Gasteiger partial charge in [0, 0.05) is 6.07 Å². The van der Waals surface area contributed by atoms with Gasteiger partial charge in [-0.05, 0) is 71.6 Å². The van der Waals surface area contributed by atoms with E-state index in [1.165, 1.54) is 26.0 Å². The SMILES string of the molecule is CC(C)(O)NC(=O)OC(C)(C)C.Fc1cc(F)cc(CCCC2CO2)c1.